The molecule has 0 radical (unpaired) electrons. The van der Waals surface area contributed by atoms with Crippen molar-refractivity contribution in [1.82, 2.24) is 4.57 Å². The van der Waals surface area contributed by atoms with Gasteiger partial charge < -0.3 is 15.0 Å². The van der Waals surface area contributed by atoms with Gasteiger partial charge in [-0.25, -0.2) is 4.39 Å². The number of amides is 2. The maximum atomic E-state index is 13.9. The van der Waals surface area contributed by atoms with E-state index in [0.29, 0.717) is 21.7 Å². The zero-order chi connectivity index (χ0) is 19.2. The third kappa shape index (κ3) is 4.89. The second-order valence-corrected chi connectivity index (χ2v) is 6.48. The molecule has 3 rings (SSSR count). The van der Waals surface area contributed by atoms with E-state index in [1.54, 1.807) is 52.5 Å². The highest BCUT2D eigenvalue weighted by Crippen LogP contribution is 2.14. The standard InChI is InChI=1S/C19H16FN3O3S/c20-16-7-2-1-4-14(16)11-23-8-9-27-19(23)22-18(25)13-5-3-6-15(10-13)26-12-17(21)24/h1-10H,11-12H2,(H2,21,24). The number of thiazole rings is 1. The van der Waals surface area contributed by atoms with E-state index in [4.69, 9.17) is 10.5 Å². The van der Waals surface area contributed by atoms with E-state index < -0.39 is 11.8 Å². The topological polar surface area (TPSA) is 86.7 Å². The second kappa shape index (κ2) is 8.41. The molecule has 0 unspecified atom stereocenters. The third-order valence-corrected chi connectivity index (χ3v) is 4.41. The van der Waals surface area contributed by atoms with E-state index in [2.05, 4.69) is 4.99 Å². The number of benzene rings is 2. The van der Waals surface area contributed by atoms with Crippen LogP contribution in [0.1, 0.15) is 15.9 Å². The van der Waals surface area contributed by atoms with Crippen LogP contribution in [0.25, 0.3) is 0 Å². The van der Waals surface area contributed by atoms with Gasteiger partial charge in [-0.2, -0.15) is 4.99 Å². The summed E-state index contributed by atoms with van der Waals surface area (Å²) in [4.78, 5) is 27.9. The third-order valence-electron chi connectivity index (χ3n) is 3.62. The minimum atomic E-state index is -0.607. The molecule has 2 aromatic carbocycles. The zero-order valence-electron chi connectivity index (χ0n) is 14.2. The van der Waals surface area contributed by atoms with Gasteiger partial charge in [0.05, 0.1) is 6.54 Å². The first-order valence-electron chi connectivity index (χ1n) is 8.00. The van der Waals surface area contributed by atoms with E-state index in [1.165, 1.54) is 23.5 Å². The molecule has 1 heterocycles. The molecule has 0 atom stereocenters. The lowest BCUT2D eigenvalue weighted by atomic mass is 10.2. The zero-order valence-corrected chi connectivity index (χ0v) is 15.0. The number of aromatic nitrogens is 1. The van der Waals surface area contributed by atoms with Crippen LogP contribution in [-0.2, 0) is 11.3 Å². The molecule has 2 amide bonds. The van der Waals surface area contributed by atoms with E-state index in [-0.39, 0.29) is 19.0 Å². The number of hydrogen-bond donors (Lipinski definition) is 1. The molecule has 0 spiro atoms. The fraction of sp³-hybridized carbons (Fsp3) is 0.105. The maximum absolute atomic E-state index is 13.9. The van der Waals surface area contributed by atoms with Crippen LogP contribution in [0.2, 0.25) is 0 Å². The van der Waals surface area contributed by atoms with Crippen LogP contribution < -0.4 is 15.3 Å². The Hall–Kier alpha value is -3.26. The average Bonchev–Trinajstić information content (AvgIpc) is 3.09. The monoisotopic (exact) mass is 385 g/mol. The van der Waals surface area contributed by atoms with Crippen LogP contribution in [0.15, 0.2) is 65.1 Å². The Bertz CT molecular complexity index is 1040. The lowest BCUT2D eigenvalue weighted by molar-refractivity contribution is -0.119. The number of halogens is 1. The fourth-order valence-electron chi connectivity index (χ4n) is 2.34. The van der Waals surface area contributed by atoms with Gasteiger partial charge in [0.25, 0.3) is 11.8 Å². The highest BCUT2D eigenvalue weighted by molar-refractivity contribution is 7.07. The molecule has 8 heteroatoms. The van der Waals surface area contributed by atoms with Crippen molar-refractivity contribution in [2.75, 3.05) is 6.61 Å². The molecule has 0 saturated carbocycles. The van der Waals surface area contributed by atoms with Gasteiger partial charge in [-0.15, -0.1) is 11.3 Å². The molecule has 2 N–H and O–H groups in total. The Morgan fingerprint density at radius 3 is 2.78 bits per heavy atom. The lowest BCUT2D eigenvalue weighted by Gasteiger charge is -2.05. The summed E-state index contributed by atoms with van der Waals surface area (Å²) < 4.78 is 20.8. The van der Waals surface area contributed by atoms with Gasteiger partial charge in [0.2, 0.25) is 0 Å². The molecule has 0 fully saturated rings. The van der Waals surface area contributed by atoms with Gasteiger partial charge in [0.15, 0.2) is 11.4 Å². The minimum absolute atomic E-state index is 0.268. The first kappa shape index (κ1) is 18.5. The van der Waals surface area contributed by atoms with Crippen LogP contribution in [0.3, 0.4) is 0 Å². The van der Waals surface area contributed by atoms with E-state index >= 15 is 0 Å². The minimum Gasteiger partial charge on any atom is -0.484 e. The smallest absolute Gasteiger partial charge is 0.279 e. The van der Waals surface area contributed by atoms with Gasteiger partial charge in [-0.3, -0.25) is 9.59 Å². The van der Waals surface area contributed by atoms with Crippen LogP contribution in [0.5, 0.6) is 5.75 Å². The molecule has 0 bridgehead atoms. The number of carbonyl (C=O) groups excluding carboxylic acids is 2. The molecule has 0 saturated heterocycles. The molecule has 6 nitrogen and oxygen atoms in total. The van der Waals surface area contributed by atoms with Crippen molar-refractivity contribution in [3.63, 3.8) is 0 Å². The summed E-state index contributed by atoms with van der Waals surface area (Å²) in [7, 11) is 0. The SMILES string of the molecule is NC(=O)COc1cccc(C(=O)N=c2sccn2Cc2ccccc2F)c1. The summed E-state index contributed by atoms with van der Waals surface area (Å²) >= 11 is 1.28. The first-order chi connectivity index (χ1) is 13.0. The predicted octanol–water partition coefficient (Wildman–Crippen LogP) is 2.34. The van der Waals surface area contributed by atoms with Gasteiger partial charge in [0, 0.05) is 22.7 Å². The largest absolute Gasteiger partial charge is 0.484 e. The summed E-state index contributed by atoms with van der Waals surface area (Å²) in [5.74, 6) is -1.04. The molecular weight excluding hydrogens is 369 g/mol. The second-order valence-electron chi connectivity index (χ2n) is 5.60. The van der Waals surface area contributed by atoms with Gasteiger partial charge in [0.1, 0.15) is 11.6 Å². The predicted molar refractivity (Wildman–Crippen MR) is 98.8 cm³/mol. The highest BCUT2D eigenvalue weighted by Gasteiger charge is 2.08. The Labute approximate surface area is 158 Å². The summed E-state index contributed by atoms with van der Waals surface area (Å²) in [5, 5.41) is 1.78. The number of nitrogens with two attached hydrogens (primary N) is 1. The van der Waals surface area contributed by atoms with Crippen LogP contribution >= 0.6 is 11.3 Å². The van der Waals surface area contributed by atoms with E-state index in [0.717, 1.165) is 0 Å². The maximum Gasteiger partial charge on any atom is 0.279 e. The number of ether oxygens (including phenoxy) is 1. The Kier molecular flexibility index (Phi) is 5.77. The molecule has 1 aromatic heterocycles. The van der Waals surface area contributed by atoms with Crippen LogP contribution in [0.4, 0.5) is 4.39 Å². The molecular formula is C19H16FN3O3S. The molecule has 138 valence electrons. The quantitative estimate of drug-likeness (QED) is 0.707. The average molecular weight is 385 g/mol. The molecule has 0 aliphatic heterocycles. The Balaban J connectivity index is 1.82. The number of hydrogen-bond acceptors (Lipinski definition) is 4. The van der Waals surface area contributed by atoms with E-state index in [1.807, 2.05) is 0 Å². The normalized spacial score (nSPS) is 11.4. The Morgan fingerprint density at radius 2 is 2.00 bits per heavy atom. The summed E-state index contributed by atoms with van der Waals surface area (Å²) in [6.45, 7) is -0.00754. The van der Waals surface area contributed by atoms with Crippen molar-refractivity contribution >= 4 is 23.2 Å². The van der Waals surface area contributed by atoms with E-state index in [9.17, 15) is 14.0 Å². The van der Waals surface area contributed by atoms with Crippen molar-refractivity contribution in [2.24, 2.45) is 10.7 Å². The molecule has 3 aromatic rings. The Morgan fingerprint density at radius 1 is 1.19 bits per heavy atom. The highest BCUT2D eigenvalue weighted by atomic mass is 32.1. The first-order valence-corrected chi connectivity index (χ1v) is 8.88. The number of carbonyl (C=O) groups is 2. The van der Waals surface area contributed by atoms with Crippen molar-refractivity contribution < 1.29 is 18.7 Å². The summed E-state index contributed by atoms with van der Waals surface area (Å²) in [5.41, 5.74) is 5.86. The fourth-order valence-corrected chi connectivity index (χ4v) is 3.07. The van der Waals surface area contributed by atoms with Crippen molar-refractivity contribution in [1.29, 1.82) is 0 Å². The number of primary amides is 1. The van der Waals surface area contributed by atoms with Gasteiger partial charge in [-0.1, -0.05) is 24.3 Å². The van der Waals surface area contributed by atoms with Crippen molar-refractivity contribution in [2.45, 2.75) is 6.54 Å². The van der Waals surface area contributed by atoms with Gasteiger partial charge in [-0.05, 0) is 24.3 Å². The molecule has 27 heavy (non-hydrogen) atoms. The van der Waals surface area contributed by atoms with Crippen LogP contribution in [-0.4, -0.2) is 23.0 Å². The molecule has 0 aliphatic rings. The summed E-state index contributed by atoms with van der Waals surface area (Å²) in [6.07, 6.45) is 1.75. The summed E-state index contributed by atoms with van der Waals surface area (Å²) in [6, 6.07) is 12.8. The van der Waals surface area contributed by atoms with Crippen molar-refractivity contribution in [3.05, 3.63) is 81.9 Å². The van der Waals surface area contributed by atoms with Gasteiger partial charge >= 0.3 is 0 Å². The number of rotatable bonds is 6. The molecule has 0 aliphatic carbocycles. The lowest BCUT2D eigenvalue weighted by Crippen LogP contribution is -2.20. The number of nitrogens with zero attached hydrogens (tertiary/aromatic N) is 2. The van der Waals surface area contributed by atoms with Crippen LogP contribution in [0, 0.1) is 5.82 Å². The van der Waals surface area contributed by atoms with Crippen molar-refractivity contribution in [3.8, 4) is 5.75 Å².